The van der Waals surface area contributed by atoms with Crippen molar-refractivity contribution in [2.75, 3.05) is 14.1 Å². The van der Waals surface area contributed by atoms with Gasteiger partial charge >= 0.3 is 0 Å². The monoisotopic (exact) mass is 486 g/mol. The van der Waals surface area contributed by atoms with E-state index in [9.17, 15) is 0 Å². The van der Waals surface area contributed by atoms with Crippen LogP contribution in [0.15, 0.2) is 30.3 Å². The average molecular weight is 487 g/mol. The molecular weight excluding hydrogens is 442 g/mol. The van der Waals surface area contributed by atoms with Gasteiger partial charge in [-0.2, -0.15) is 6.42 Å². The van der Waals surface area contributed by atoms with Crippen molar-refractivity contribution in [3.05, 3.63) is 42.8 Å². The van der Waals surface area contributed by atoms with Crippen LogP contribution >= 0.6 is 0 Å². The van der Waals surface area contributed by atoms with E-state index in [0.29, 0.717) is 0 Å². The molecule has 1 aromatic rings. The fourth-order valence-corrected chi connectivity index (χ4v) is 2.97. The van der Waals surface area contributed by atoms with E-state index in [2.05, 4.69) is 57.1 Å². The van der Waals surface area contributed by atoms with Crippen LogP contribution in [0.2, 0.25) is 0 Å². The first kappa shape index (κ1) is 28.8. The van der Waals surface area contributed by atoms with E-state index in [0.717, 1.165) is 13.0 Å². The molecule has 1 aromatic carbocycles. The summed E-state index contributed by atoms with van der Waals surface area (Å²) >= 11 is 0. The molecule has 150 valence electrons. The third-order valence-electron chi connectivity index (χ3n) is 4.45. The van der Waals surface area contributed by atoms with E-state index < -0.39 is 0 Å². The number of rotatable bonds is 14. The van der Waals surface area contributed by atoms with Crippen molar-refractivity contribution in [1.82, 2.24) is 4.90 Å². The summed E-state index contributed by atoms with van der Waals surface area (Å²) in [7, 11) is 4.15. The predicted octanol–water partition coefficient (Wildman–Crippen LogP) is 7.66. The Hall–Kier alpha value is 0.557. The summed E-state index contributed by atoms with van der Waals surface area (Å²) < 4.78 is 0. The first-order chi connectivity index (χ1) is 12.2. The van der Waals surface area contributed by atoms with E-state index in [1.54, 1.807) is 0 Å². The van der Waals surface area contributed by atoms with Gasteiger partial charge in [-0.15, -0.1) is 0 Å². The van der Waals surface area contributed by atoms with Gasteiger partial charge < -0.3 is 11.8 Å². The quantitative estimate of drug-likeness (QED) is 0.193. The summed E-state index contributed by atoms with van der Waals surface area (Å²) in [5.74, 6) is 0. The van der Waals surface area contributed by atoms with Gasteiger partial charge in [0.25, 0.3) is 0 Å². The Morgan fingerprint density at radius 3 is 1.50 bits per heavy atom. The molecule has 0 unspecified atom stereocenters. The van der Waals surface area contributed by atoms with Gasteiger partial charge in [0.2, 0.25) is 0 Å². The second kappa shape index (κ2) is 23.6. The van der Waals surface area contributed by atoms with E-state index in [-0.39, 0.29) is 41.7 Å². The number of nitrogens with zero attached hydrogens (tertiary/aromatic N) is 1. The Balaban J connectivity index is 0. The Labute approximate surface area is 199 Å². The molecule has 1 nitrogen and oxygen atoms in total. The molecule has 0 aliphatic carbocycles. The number of unbranched alkanes of at least 4 members (excludes halogenated alkanes) is 12. The van der Waals surface area contributed by atoms with Gasteiger partial charge in [0.05, 0.1) is 0 Å². The molecule has 0 radical (unpaired) electrons. The molecule has 0 N–H and O–H groups in total. The van der Waals surface area contributed by atoms with Crippen molar-refractivity contribution < 1.29 is 41.7 Å². The van der Waals surface area contributed by atoms with Gasteiger partial charge in [0, 0.05) is 48.3 Å². The van der Waals surface area contributed by atoms with Crippen LogP contribution in [0.5, 0.6) is 0 Å². The predicted molar refractivity (Wildman–Crippen MR) is 115 cm³/mol. The van der Waals surface area contributed by atoms with Crippen molar-refractivity contribution in [3.8, 4) is 0 Å². The van der Waals surface area contributed by atoms with E-state index in [1.165, 1.54) is 82.6 Å². The Morgan fingerprint density at radius 2 is 1.12 bits per heavy atom. The van der Waals surface area contributed by atoms with Crippen LogP contribution in [0, 0.1) is 48.7 Å². The van der Waals surface area contributed by atoms with Gasteiger partial charge in [-0.1, -0.05) is 114 Å². The third kappa shape index (κ3) is 22.6. The third-order valence-corrected chi connectivity index (χ3v) is 4.45. The summed E-state index contributed by atoms with van der Waals surface area (Å²) in [4.78, 5) is 2.16. The van der Waals surface area contributed by atoms with Crippen LogP contribution in [-0.4, -0.2) is 19.0 Å². The Kier molecular flexibility index (Phi) is 26.1. The average Bonchev–Trinajstić information content (AvgIpc) is 2.61. The molecule has 0 spiro atoms. The fourth-order valence-electron chi connectivity index (χ4n) is 2.97. The molecule has 26 heavy (non-hydrogen) atoms. The second-order valence-corrected chi connectivity index (χ2v) is 7.47. The second-order valence-electron chi connectivity index (χ2n) is 7.47. The van der Waals surface area contributed by atoms with Crippen molar-refractivity contribution in [2.24, 2.45) is 0 Å². The molecule has 0 aliphatic heterocycles. The molecule has 0 aromatic heterocycles. The molecule has 0 saturated carbocycles. The van der Waals surface area contributed by atoms with Crippen molar-refractivity contribution in [1.29, 1.82) is 0 Å². The fraction of sp³-hybridized carbons (Fsp3) is 0.708. The zero-order chi connectivity index (χ0) is 18.6. The molecule has 1 rings (SSSR count). The molecule has 0 saturated heterocycles. The van der Waals surface area contributed by atoms with Crippen LogP contribution in [0.3, 0.4) is 0 Å². The van der Waals surface area contributed by atoms with Gasteiger partial charge in [0.1, 0.15) is 0 Å². The smallest absolute Gasteiger partial charge is 0.0227 e. The Bertz CT molecular complexity index is 338. The van der Waals surface area contributed by atoms with E-state index in [4.69, 9.17) is 0 Å². The maximum Gasteiger partial charge on any atom is 0.0227 e. The maximum atomic E-state index is 3.87. The summed E-state index contributed by atoms with van der Waals surface area (Å²) in [6, 6.07) is 10.5. The van der Waals surface area contributed by atoms with Gasteiger partial charge in [-0.25, -0.2) is 0 Å². The van der Waals surface area contributed by atoms with E-state index >= 15 is 0 Å². The first-order valence-corrected chi connectivity index (χ1v) is 10.7. The summed E-state index contributed by atoms with van der Waals surface area (Å²) in [6.45, 7) is 7.18. The van der Waals surface area contributed by atoms with Crippen LogP contribution < -0.4 is 0 Å². The number of benzene rings is 1. The molecule has 0 atom stereocenters. The minimum atomic E-state index is 0. The summed E-state index contributed by atoms with van der Waals surface area (Å²) in [5.41, 5.74) is 1.37. The van der Waals surface area contributed by atoms with Crippen molar-refractivity contribution >= 4 is 0 Å². The first-order valence-electron chi connectivity index (χ1n) is 10.7. The molecule has 0 heterocycles. The topological polar surface area (TPSA) is 3.24 Å². The van der Waals surface area contributed by atoms with Gasteiger partial charge in [-0.3, -0.25) is 0 Å². The normalized spacial score (nSPS) is 10.2. The minimum absolute atomic E-state index is 0. The standard InChI is InChI=1S/C15H31.C9H13N.Ce/c1-3-5-7-9-11-13-15-14-12-10-8-6-4-2;1-10(2)8-9-6-4-3-5-7-9;/h1,3-15H2,2H3;3-7H,8H2,1-2H3;/q-1;;. The van der Waals surface area contributed by atoms with E-state index in [1.807, 2.05) is 6.07 Å². The van der Waals surface area contributed by atoms with Crippen LogP contribution in [0.4, 0.5) is 0 Å². The maximum absolute atomic E-state index is 3.87. The number of hydrogen-bond acceptors (Lipinski definition) is 1. The zero-order valence-electron chi connectivity index (χ0n) is 17.9. The minimum Gasteiger partial charge on any atom is -0.343 e. The SMILES string of the molecule is CN(C)Cc1ccccc1.[CH2-]CCCCCCCCCCCCCC.[Ce]. The molecule has 0 fully saturated rings. The zero-order valence-corrected chi connectivity index (χ0v) is 21.1. The number of hydrogen-bond donors (Lipinski definition) is 0. The van der Waals surface area contributed by atoms with Gasteiger partial charge in [-0.05, 0) is 19.7 Å². The Morgan fingerprint density at radius 1 is 0.692 bits per heavy atom. The molecule has 0 amide bonds. The molecule has 0 bridgehead atoms. The van der Waals surface area contributed by atoms with Crippen molar-refractivity contribution in [2.45, 2.75) is 96.9 Å². The molecule has 0 aliphatic rings. The summed E-state index contributed by atoms with van der Waals surface area (Å²) in [6.07, 6.45) is 18.3. The molecule has 2 heteroatoms. The van der Waals surface area contributed by atoms with Crippen LogP contribution in [0.1, 0.15) is 96.0 Å². The summed E-state index contributed by atoms with van der Waals surface area (Å²) in [5, 5.41) is 0. The van der Waals surface area contributed by atoms with Crippen LogP contribution in [0.25, 0.3) is 0 Å². The van der Waals surface area contributed by atoms with Crippen molar-refractivity contribution in [3.63, 3.8) is 0 Å². The largest absolute Gasteiger partial charge is 0.343 e. The van der Waals surface area contributed by atoms with Crippen LogP contribution in [-0.2, 0) is 6.54 Å². The molecular formula is C24H44CeN-. The van der Waals surface area contributed by atoms with Gasteiger partial charge in [0.15, 0.2) is 0 Å².